The van der Waals surface area contributed by atoms with Gasteiger partial charge < -0.3 is 16.4 Å². The Morgan fingerprint density at radius 3 is 2.70 bits per heavy atom. The highest BCUT2D eigenvalue weighted by atomic mass is 16.2. The molecule has 4 N–H and O–H groups in total. The van der Waals surface area contributed by atoms with Crippen molar-refractivity contribution in [1.82, 2.24) is 4.98 Å². The van der Waals surface area contributed by atoms with Gasteiger partial charge in [0.05, 0.1) is 5.56 Å². The number of nitrogens with zero attached hydrogens (tertiary/aromatic N) is 1. The highest BCUT2D eigenvalue weighted by molar-refractivity contribution is 6.04. The largest absolute Gasteiger partial charge is 0.330 e. The number of nitrogens with two attached hydrogens (primary N) is 1. The Morgan fingerprint density at radius 2 is 2.04 bits per heavy atom. The van der Waals surface area contributed by atoms with E-state index in [9.17, 15) is 9.59 Å². The van der Waals surface area contributed by atoms with Crippen LogP contribution in [0.3, 0.4) is 0 Å². The summed E-state index contributed by atoms with van der Waals surface area (Å²) in [6.07, 6.45) is 4.18. The number of hydrogen-bond acceptors (Lipinski definition) is 4. The lowest BCUT2D eigenvalue weighted by Crippen LogP contribution is -2.15. The standard InChI is InChI=1S/C17H20N4O2/c1-12-10-14(20-16(22)5-2-8-18)6-7-15(12)21-17(23)13-4-3-9-19-11-13/h3-4,6-7,9-11H,2,5,8,18H2,1H3,(H,20,22)(H,21,23). The van der Waals surface area contributed by atoms with Crippen molar-refractivity contribution < 1.29 is 9.59 Å². The van der Waals surface area contributed by atoms with E-state index in [4.69, 9.17) is 5.73 Å². The fourth-order valence-electron chi connectivity index (χ4n) is 2.06. The monoisotopic (exact) mass is 312 g/mol. The third-order valence-corrected chi connectivity index (χ3v) is 3.29. The van der Waals surface area contributed by atoms with E-state index in [0.717, 1.165) is 5.56 Å². The van der Waals surface area contributed by atoms with Gasteiger partial charge in [-0.25, -0.2) is 0 Å². The van der Waals surface area contributed by atoms with E-state index in [1.165, 1.54) is 6.20 Å². The molecule has 120 valence electrons. The first kappa shape index (κ1) is 16.6. The molecule has 0 radical (unpaired) electrons. The maximum atomic E-state index is 12.1. The maximum absolute atomic E-state index is 12.1. The molecule has 2 rings (SSSR count). The van der Waals surface area contributed by atoms with Crippen LogP contribution in [-0.2, 0) is 4.79 Å². The first-order valence-electron chi connectivity index (χ1n) is 7.42. The Hall–Kier alpha value is -2.73. The van der Waals surface area contributed by atoms with Gasteiger partial charge in [0.2, 0.25) is 5.91 Å². The third-order valence-electron chi connectivity index (χ3n) is 3.29. The van der Waals surface area contributed by atoms with Crippen LogP contribution in [0.5, 0.6) is 0 Å². The molecule has 0 saturated carbocycles. The fraction of sp³-hybridized carbons (Fsp3) is 0.235. The first-order valence-corrected chi connectivity index (χ1v) is 7.42. The maximum Gasteiger partial charge on any atom is 0.257 e. The quantitative estimate of drug-likeness (QED) is 0.762. The van der Waals surface area contributed by atoms with Gasteiger partial charge in [-0.15, -0.1) is 0 Å². The van der Waals surface area contributed by atoms with Crippen LogP contribution in [-0.4, -0.2) is 23.3 Å². The molecule has 0 aliphatic carbocycles. The number of aryl methyl sites for hydroxylation is 1. The molecular formula is C17H20N4O2. The Bertz CT molecular complexity index is 686. The zero-order valence-electron chi connectivity index (χ0n) is 13.0. The molecule has 1 heterocycles. The summed E-state index contributed by atoms with van der Waals surface area (Å²) in [6, 6.07) is 8.75. The Kier molecular flexibility index (Phi) is 5.82. The predicted octanol–water partition coefficient (Wildman–Crippen LogP) is 2.32. The second kappa shape index (κ2) is 8.05. The van der Waals surface area contributed by atoms with E-state index in [2.05, 4.69) is 15.6 Å². The topological polar surface area (TPSA) is 97.1 Å². The van der Waals surface area contributed by atoms with Gasteiger partial charge in [0.25, 0.3) is 5.91 Å². The van der Waals surface area contributed by atoms with Crippen molar-refractivity contribution in [3.63, 3.8) is 0 Å². The van der Waals surface area contributed by atoms with E-state index in [1.54, 1.807) is 30.5 Å². The number of amides is 2. The summed E-state index contributed by atoms with van der Waals surface area (Å²) in [4.78, 5) is 27.7. The number of aromatic nitrogens is 1. The molecule has 0 atom stereocenters. The zero-order valence-corrected chi connectivity index (χ0v) is 13.0. The second-order valence-electron chi connectivity index (χ2n) is 5.17. The van der Waals surface area contributed by atoms with Crippen molar-refractivity contribution in [2.75, 3.05) is 17.2 Å². The highest BCUT2D eigenvalue weighted by Gasteiger charge is 2.09. The summed E-state index contributed by atoms with van der Waals surface area (Å²) in [6.45, 7) is 2.36. The lowest BCUT2D eigenvalue weighted by atomic mass is 10.1. The minimum Gasteiger partial charge on any atom is -0.330 e. The number of nitrogens with one attached hydrogen (secondary N) is 2. The van der Waals surface area contributed by atoms with Gasteiger partial charge in [-0.2, -0.15) is 0 Å². The third kappa shape index (κ3) is 4.89. The van der Waals surface area contributed by atoms with Crippen molar-refractivity contribution in [2.45, 2.75) is 19.8 Å². The summed E-state index contributed by atoms with van der Waals surface area (Å²) in [5, 5.41) is 5.65. The van der Waals surface area contributed by atoms with Crippen LogP contribution in [0.4, 0.5) is 11.4 Å². The number of hydrogen-bond donors (Lipinski definition) is 3. The van der Waals surface area contributed by atoms with Gasteiger partial charge in [-0.3, -0.25) is 14.6 Å². The van der Waals surface area contributed by atoms with Crippen LogP contribution in [0.2, 0.25) is 0 Å². The highest BCUT2D eigenvalue weighted by Crippen LogP contribution is 2.20. The number of rotatable bonds is 6. The van der Waals surface area contributed by atoms with Gasteiger partial charge in [0.15, 0.2) is 0 Å². The molecule has 1 aromatic carbocycles. The van der Waals surface area contributed by atoms with Gasteiger partial charge in [-0.1, -0.05) is 0 Å². The number of carbonyl (C=O) groups is 2. The van der Waals surface area contributed by atoms with E-state index < -0.39 is 0 Å². The molecule has 2 aromatic rings. The summed E-state index contributed by atoms with van der Waals surface area (Å²) in [5.74, 6) is -0.289. The molecule has 0 spiro atoms. The van der Waals surface area contributed by atoms with Crippen LogP contribution in [0.1, 0.15) is 28.8 Å². The summed E-state index contributed by atoms with van der Waals surface area (Å²) < 4.78 is 0. The Morgan fingerprint density at radius 1 is 1.22 bits per heavy atom. The first-order chi connectivity index (χ1) is 11.1. The summed E-state index contributed by atoms with van der Waals surface area (Å²) >= 11 is 0. The summed E-state index contributed by atoms with van der Waals surface area (Å²) in [5.41, 5.74) is 8.13. The molecule has 0 aliphatic heterocycles. The second-order valence-corrected chi connectivity index (χ2v) is 5.17. The minimum absolute atomic E-state index is 0.0676. The molecule has 6 heteroatoms. The lowest BCUT2D eigenvalue weighted by Gasteiger charge is -2.11. The van der Waals surface area contributed by atoms with Crippen LogP contribution < -0.4 is 16.4 Å². The molecule has 1 aromatic heterocycles. The fourth-order valence-corrected chi connectivity index (χ4v) is 2.06. The van der Waals surface area contributed by atoms with Gasteiger partial charge >= 0.3 is 0 Å². The smallest absolute Gasteiger partial charge is 0.257 e. The van der Waals surface area contributed by atoms with Crippen LogP contribution in [0, 0.1) is 6.92 Å². The van der Waals surface area contributed by atoms with Crippen molar-refractivity contribution in [1.29, 1.82) is 0 Å². The number of benzene rings is 1. The average Bonchev–Trinajstić information content (AvgIpc) is 2.56. The van der Waals surface area contributed by atoms with Crippen molar-refractivity contribution >= 4 is 23.2 Å². The molecule has 0 unspecified atom stereocenters. The van der Waals surface area contributed by atoms with Crippen LogP contribution >= 0.6 is 0 Å². The number of anilines is 2. The lowest BCUT2D eigenvalue weighted by molar-refractivity contribution is -0.116. The minimum atomic E-state index is -0.221. The van der Waals surface area contributed by atoms with E-state index in [-0.39, 0.29) is 11.8 Å². The predicted molar refractivity (Wildman–Crippen MR) is 90.3 cm³/mol. The van der Waals surface area contributed by atoms with Crippen molar-refractivity contribution in [3.05, 3.63) is 53.9 Å². The van der Waals surface area contributed by atoms with Gasteiger partial charge in [0, 0.05) is 30.2 Å². The van der Waals surface area contributed by atoms with E-state index in [0.29, 0.717) is 36.3 Å². The van der Waals surface area contributed by atoms with Crippen LogP contribution in [0.25, 0.3) is 0 Å². The average molecular weight is 312 g/mol. The number of carbonyl (C=O) groups excluding carboxylic acids is 2. The van der Waals surface area contributed by atoms with Crippen molar-refractivity contribution in [2.24, 2.45) is 5.73 Å². The normalized spacial score (nSPS) is 10.2. The zero-order chi connectivity index (χ0) is 16.7. The molecule has 0 aliphatic rings. The Labute approximate surface area is 135 Å². The molecule has 23 heavy (non-hydrogen) atoms. The van der Waals surface area contributed by atoms with Crippen LogP contribution in [0.15, 0.2) is 42.7 Å². The summed E-state index contributed by atoms with van der Waals surface area (Å²) in [7, 11) is 0. The SMILES string of the molecule is Cc1cc(NC(=O)CCCN)ccc1NC(=O)c1cccnc1. The van der Waals surface area contributed by atoms with E-state index >= 15 is 0 Å². The molecule has 0 saturated heterocycles. The molecule has 0 fully saturated rings. The molecule has 6 nitrogen and oxygen atoms in total. The van der Waals surface area contributed by atoms with Gasteiger partial charge in [0.1, 0.15) is 0 Å². The van der Waals surface area contributed by atoms with Crippen molar-refractivity contribution in [3.8, 4) is 0 Å². The molecule has 2 amide bonds. The number of pyridine rings is 1. The van der Waals surface area contributed by atoms with Gasteiger partial charge in [-0.05, 0) is 55.8 Å². The molecular weight excluding hydrogens is 292 g/mol. The molecule has 0 bridgehead atoms. The Balaban J connectivity index is 2.02. The van der Waals surface area contributed by atoms with E-state index in [1.807, 2.05) is 13.0 Å².